The maximum atomic E-state index is 13.2. The number of benzene rings is 2. The summed E-state index contributed by atoms with van der Waals surface area (Å²) in [5.74, 6) is -1.18. The highest BCUT2D eigenvalue weighted by molar-refractivity contribution is 6.00. The number of aromatic nitrogens is 1. The number of oxime groups is 1. The van der Waals surface area contributed by atoms with Crippen molar-refractivity contribution >= 4 is 17.7 Å². The lowest BCUT2D eigenvalue weighted by molar-refractivity contribution is 0.0598. The molecule has 0 unspecified atom stereocenters. The molecule has 9 nitrogen and oxygen atoms in total. The molecule has 0 amide bonds. The maximum Gasteiger partial charge on any atom is 0.338 e. The van der Waals surface area contributed by atoms with Gasteiger partial charge in [-0.15, -0.1) is 0 Å². The predicted octanol–water partition coefficient (Wildman–Crippen LogP) is 4.26. The van der Waals surface area contributed by atoms with Gasteiger partial charge in [-0.25, -0.2) is 14.0 Å². The third-order valence-electron chi connectivity index (χ3n) is 4.53. The van der Waals surface area contributed by atoms with Crippen LogP contribution in [0.5, 0.6) is 5.75 Å². The quantitative estimate of drug-likeness (QED) is 0.187. The maximum absolute atomic E-state index is 13.2. The molecule has 0 aliphatic carbocycles. The summed E-state index contributed by atoms with van der Waals surface area (Å²) in [5.41, 5.74) is 1.62. The summed E-state index contributed by atoms with van der Waals surface area (Å²) in [6.07, 6.45) is 0.735. The van der Waals surface area contributed by atoms with Gasteiger partial charge in [-0.3, -0.25) is 0 Å². The fourth-order valence-electron chi connectivity index (χ4n) is 2.83. The van der Waals surface area contributed by atoms with Gasteiger partial charge in [0.15, 0.2) is 11.5 Å². The first-order valence-electron chi connectivity index (χ1n) is 10.3. The second-order valence-electron chi connectivity index (χ2n) is 6.97. The van der Waals surface area contributed by atoms with Crippen LogP contribution in [0.4, 0.5) is 4.39 Å². The van der Waals surface area contributed by atoms with E-state index in [2.05, 4.69) is 10.3 Å². The molecular formula is C24H23FN2O7. The van der Waals surface area contributed by atoms with Gasteiger partial charge in [0, 0.05) is 11.6 Å². The lowest BCUT2D eigenvalue weighted by Gasteiger charge is -2.10. The average molecular weight is 470 g/mol. The van der Waals surface area contributed by atoms with Crippen molar-refractivity contribution in [2.45, 2.75) is 13.3 Å². The van der Waals surface area contributed by atoms with E-state index in [9.17, 15) is 14.0 Å². The second-order valence-corrected chi connectivity index (χ2v) is 6.97. The summed E-state index contributed by atoms with van der Waals surface area (Å²) in [6.45, 7) is 2.17. The van der Waals surface area contributed by atoms with Gasteiger partial charge in [-0.05, 0) is 48.9 Å². The Morgan fingerprint density at radius 2 is 1.65 bits per heavy atom. The minimum Gasteiger partial charge on any atom is -0.487 e. The van der Waals surface area contributed by atoms with Gasteiger partial charge in [0.2, 0.25) is 0 Å². The molecular weight excluding hydrogens is 447 g/mol. The normalized spacial score (nSPS) is 11.1. The third-order valence-corrected chi connectivity index (χ3v) is 4.53. The summed E-state index contributed by atoms with van der Waals surface area (Å²) in [5, 5.41) is 8.09. The van der Waals surface area contributed by atoms with E-state index in [1.165, 1.54) is 44.6 Å². The van der Waals surface area contributed by atoms with Gasteiger partial charge in [-0.2, -0.15) is 0 Å². The number of nitrogens with zero attached hydrogens (tertiary/aromatic N) is 2. The Balaban J connectivity index is 1.86. The summed E-state index contributed by atoms with van der Waals surface area (Å²) in [6, 6.07) is 11.6. The van der Waals surface area contributed by atoms with E-state index in [1.54, 1.807) is 18.2 Å². The number of rotatable bonds is 10. The monoisotopic (exact) mass is 470 g/mol. The molecule has 0 aliphatic rings. The first kappa shape index (κ1) is 24.4. The fraction of sp³-hybridized carbons (Fsp3) is 0.250. The molecule has 34 heavy (non-hydrogen) atoms. The Hall–Kier alpha value is -4.21. The summed E-state index contributed by atoms with van der Waals surface area (Å²) in [4.78, 5) is 29.3. The summed E-state index contributed by atoms with van der Waals surface area (Å²) < 4.78 is 33.9. The Labute approximate surface area is 195 Å². The number of esters is 2. The zero-order chi connectivity index (χ0) is 24.5. The van der Waals surface area contributed by atoms with Crippen LogP contribution in [0.15, 0.2) is 58.2 Å². The highest BCUT2D eigenvalue weighted by Gasteiger charge is 2.18. The topological polar surface area (TPSA) is 109 Å². The minimum atomic E-state index is -0.644. The van der Waals surface area contributed by atoms with Crippen LogP contribution in [0.25, 0.3) is 11.3 Å². The van der Waals surface area contributed by atoms with Crippen molar-refractivity contribution in [2.75, 3.05) is 27.4 Å². The zero-order valence-corrected chi connectivity index (χ0v) is 18.9. The number of ether oxygens (including phenoxy) is 3. The lowest BCUT2D eigenvalue weighted by Crippen LogP contribution is -2.14. The molecule has 0 saturated carbocycles. The number of halogens is 1. The van der Waals surface area contributed by atoms with Crippen molar-refractivity contribution < 1.29 is 37.6 Å². The molecule has 0 N–H and O–H groups in total. The largest absolute Gasteiger partial charge is 0.487 e. The molecule has 0 atom stereocenters. The molecule has 1 heterocycles. The van der Waals surface area contributed by atoms with Gasteiger partial charge in [0.25, 0.3) is 0 Å². The van der Waals surface area contributed by atoms with Crippen molar-refractivity contribution in [1.82, 2.24) is 5.16 Å². The van der Waals surface area contributed by atoms with Crippen molar-refractivity contribution in [1.29, 1.82) is 0 Å². The zero-order valence-electron chi connectivity index (χ0n) is 18.9. The minimum absolute atomic E-state index is 0.111. The van der Waals surface area contributed by atoms with Crippen LogP contribution < -0.4 is 4.74 Å². The predicted molar refractivity (Wildman–Crippen MR) is 119 cm³/mol. The van der Waals surface area contributed by atoms with Crippen molar-refractivity contribution in [3.8, 4) is 17.0 Å². The van der Waals surface area contributed by atoms with Gasteiger partial charge in [0.05, 0.1) is 25.3 Å². The van der Waals surface area contributed by atoms with Crippen LogP contribution in [0, 0.1) is 5.82 Å². The molecule has 1 aromatic heterocycles. The Bertz CT molecular complexity index is 1140. The Kier molecular flexibility index (Phi) is 8.33. The van der Waals surface area contributed by atoms with E-state index in [4.69, 9.17) is 23.6 Å². The van der Waals surface area contributed by atoms with Crippen molar-refractivity contribution in [3.63, 3.8) is 0 Å². The number of hydrogen-bond acceptors (Lipinski definition) is 9. The van der Waals surface area contributed by atoms with E-state index >= 15 is 0 Å². The second kappa shape index (κ2) is 11.6. The van der Waals surface area contributed by atoms with Crippen LogP contribution in [-0.4, -0.2) is 50.2 Å². The van der Waals surface area contributed by atoms with Crippen LogP contribution in [-0.2, 0) is 14.3 Å². The molecule has 3 rings (SSSR count). The highest BCUT2D eigenvalue weighted by atomic mass is 19.1. The van der Waals surface area contributed by atoms with Crippen molar-refractivity contribution in [2.24, 2.45) is 5.16 Å². The molecule has 10 heteroatoms. The first-order chi connectivity index (χ1) is 16.4. The Morgan fingerprint density at radius 3 is 2.24 bits per heavy atom. The number of carbonyl (C=O) groups excluding carboxylic acids is 2. The Morgan fingerprint density at radius 1 is 1.00 bits per heavy atom. The van der Waals surface area contributed by atoms with E-state index in [0.717, 1.165) is 6.42 Å². The van der Waals surface area contributed by atoms with Gasteiger partial charge >= 0.3 is 11.9 Å². The number of methoxy groups -OCH3 is 2. The number of hydrogen-bond donors (Lipinski definition) is 0. The van der Waals surface area contributed by atoms with Gasteiger partial charge in [0.1, 0.15) is 30.5 Å². The van der Waals surface area contributed by atoms with E-state index in [0.29, 0.717) is 17.9 Å². The molecule has 0 saturated heterocycles. The fourth-order valence-corrected chi connectivity index (χ4v) is 2.83. The van der Waals surface area contributed by atoms with Gasteiger partial charge in [-0.1, -0.05) is 17.2 Å². The summed E-state index contributed by atoms with van der Waals surface area (Å²) in [7, 11) is 2.46. The van der Waals surface area contributed by atoms with Gasteiger partial charge < -0.3 is 23.6 Å². The molecule has 0 fully saturated rings. The van der Waals surface area contributed by atoms with E-state index < -0.39 is 11.9 Å². The average Bonchev–Trinajstić information content (AvgIpc) is 3.35. The molecule has 2 aromatic carbocycles. The third kappa shape index (κ3) is 6.18. The van der Waals surface area contributed by atoms with Crippen LogP contribution >= 0.6 is 0 Å². The molecule has 0 spiro atoms. The van der Waals surface area contributed by atoms with E-state index in [1.807, 2.05) is 6.92 Å². The highest BCUT2D eigenvalue weighted by Crippen LogP contribution is 2.22. The first-order valence-corrected chi connectivity index (χ1v) is 10.3. The molecule has 178 valence electrons. The van der Waals surface area contributed by atoms with Crippen molar-refractivity contribution in [3.05, 3.63) is 71.2 Å². The SMILES string of the molecule is CCCON=C(COc1cc(C(=O)OC)cc(C(=O)OC)c1)c1cc(-c2ccc(F)cc2)no1. The molecule has 0 radical (unpaired) electrons. The van der Waals surface area contributed by atoms with Crippen LogP contribution in [0.1, 0.15) is 39.8 Å². The number of carbonyl (C=O) groups is 2. The van der Waals surface area contributed by atoms with Crippen LogP contribution in [0.3, 0.4) is 0 Å². The standard InChI is InChI=1S/C24H23FN2O7/c1-4-9-33-26-21(22-13-20(27-34-22)15-5-7-18(25)8-6-15)14-32-19-11-16(23(28)30-2)10-17(12-19)24(29)31-3/h5-8,10-13H,4,9,14H2,1-3H3. The smallest absolute Gasteiger partial charge is 0.338 e. The molecule has 3 aromatic rings. The molecule has 0 aliphatic heterocycles. The van der Waals surface area contributed by atoms with Crippen LogP contribution in [0.2, 0.25) is 0 Å². The lowest BCUT2D eigenvalue weighted by atomic mass is 10.1. The van der Waals surface area contributed by atoms with E-state index in [-0.39, 0.29) is 40.8 Å². The molecule has 0 bridgehead atoms. The summed E-state index contributed by atoms with van der Waals surface area (Å²) >= 11 is 0.